The maximum Gasteiger partial charge on any atom is 0.317 e. The summed E-state index contributed by atoms with van der Waals surface area (Å²) >= 11 is 0. The summed E-state index contributed by atoms with van der Waals surface area (Å²) in [5.74, 6) is 0.682. The average molecular weight is 289 g/mol. The van der Waals surface area contributed by atoms with Crippen molar-refractivity contribution in [3.8, 4) is 0 Å². The van der Waals surface area contributed by atoms with Gasteiger partial charge in [-0.1, -0.05) is 19.3 Å². The Morgan fingerprint density at radius 1 is 1.29 bits per heavy atom. The minimum absolute atomic E-state index is 0.0807. The number of rotatable bonds is 6. The molecule has 1 aliphatic carbocycles. The molecule has 0 unspecified atom stereocenters. The molecule has 0 aliphatic heterocycles. The second kappa shape index (κ2) is 8.65. The van der Waals surface area contributed by atoms with E-state index in [0.29, 0.717) is 5.92 Å². The van der Waals surface area contributed by atoms with E-state index in [1.54, 1.807) is 12.4 Å². The second-order valence-corrected chi connectivity index (χ2v) is 5.88. The number of nitrogens with one attached hydrogen (secondary N) is 1. The van der Waals surface area contributed by atoms with E-state index in [4.69, 9.17) is 0 Å². The Balaban J connectivity index is 1.73. The van der Waals surface area contributed by atoms with Crippen LogP contribution in [0.5, 0.6) is 0 Å². The number of likely N-dealkylation sites (N-methyl/N-ethyl adjacent to an activating group) is 1. The van der Waals surface area contributed by atoms with Crippen LogP contribution in [0.3, 0.4) is 0 Å². The molecule has 0 spiro atoms. The molecule has 21 heavy (non-hydrogen) atoms. The number of amides is 2. The van der Waals surface area contributed by atoms with E-state index in [-0.39, 0.29) is 6.03 Å². The summed E-state index contributed by atoms with van der Waals surface area (Å²) in [6.07, 6.45) is 11.0. The third kappa shape index (κ3) is 5.37. The van der Waals surface area contributed by atoms with Crippen LogP contribution >= 0.6 is 0 Å². The third-order valence-corrected chi connectivity index (χ3v) is 4.36. The number of aromatic nitrogens is 1. The number of hydrogen-bond acceptors (Lipinski definition) is 2. The first-order chi connectivity index (χ1) is 10.3. The Bertz CT molecular complexity index is 415. The lowest BCUT2D eigenvalue weighted by atomic mass is 9.89. The molecular weight excluding hydrogens is 262 g/mol. The molecule has 2 rings (SSSR count). The van der Waals surface area contributed by atoms with Gasteiger partial charge in [-0.05, 0) is 49.8 Å². The van der Waals surface area contributed by atoms with Crippen LogP contribution in [-0.4, -0.2) is 35.5 Å². The monoisotopic (exact) mass is 289 g/mol. The van der Waals surface area contributed by atoms with Gasteiger partial charge in [0.05, 0.1) is 0 Å². The van der Waals surface area contributed by atoms with Gasteiger partial charge in [-0.2, -0.15) is 0 Å². The molecule has 1 aromatic rings. The van der Waals surface area contributed by atoms with Gasteiger partial charge >= 0.3 is 6.03 Å². The van der Waals surface area contributed by atoms with Crippen LogP contribution in [0.1, 0.15) is 44.6 Å². The van der Waals surface area contributed by atoms with Crippen molar-refractivity contribution in [3.05, 3.63) is 30.1 Å². The first-order valence-corrected chi connectivity index (χ1v) is 8.21. The molecule has 0 aromatic carbocycles. The molecule has 0 radical (unpaired) electrons. The van der Waals surface area contributed by atoms with Crippen molar-refractivity contribution in [1.29, 1.82) is 0 Å². The Morgan fingerprint density at radius 2 is 2.00 bits per heavy atom. The lowest BCUT2D eigenvalue weighted by Gasteiger charge is -2.25. The third-order valence-electron chi connectivity index (χ3n) is 4.36. The van der Waals surface area contributed by atoms with Crippen molar-refractivity contribution in [3.63, 3.8) is 0 Å². The highest BCUT2D eigenvalue weighted by atomic mass is 16.2. The predicted molar refractivity (Wildman–Crippen MR) is 85.2 cm³/mol. The predicted octanol–water partition coefficient (Wildman–Crippen LogP) is 3.24. The van der Waals surface area contributed by atoms with Gasteiger partial charge in [-0.25, -0.2) is 4.79 Å². The van der Waals surface area contributed by atoms with Gasteiger partial charge in [0.25, 0.3) is 0 Å². The summed E-state index contributed by atoms with van der Waals surface area (Å²) in [5, 5.41) is 3.11. The van der Waals surface area contributed by atoms with Crippen LogP contribution in [0, 0.1) is 5.92 Å². The molecule has 4 heteroatoms. The van der Waals surface area contributed by atoms with E-state index in [0.717, 1.165) is 26.1 Å². The zero-order chi connectivity index (χ0) is 14.9. The Morgan fingerprint density at radius 3 is 2.67 bits per heavy atom. The molecule has 1 saturated carbocycles. The van der Waals surface area contributed by atoms with Gasteiger partial charge in [0.15, 0.2) is 0 Å². The Labute approximate surface area is 127 Å². The minimum Gasteiger partial charge on any atom is -0.338 e. The largest absolute Gasteiger partial charge is 0.338 e. The minimum atomic E-state index is 0.0807. The van der Waals surface area contributed by atoms with E-state index < -0.39 is 0 Å². The van der Waals surface area contributed by atoms with E-state index in [9.17, 15) is 4.79 Å². The molecule has 116 valence electrons. The fourth-order valence-corrected chi connectivity index (χ4v) is 2.95. The number of carbonyl (C=O) groups is 1. The molecule has 1 fully saturated rings. The number of urea groups is 1. The van der Waals surface area contributed by atoms with Crippen LogP contribution in [-0.2, 0) is 6.42 Å². The quantitative estimate of drug-likeness (QED) is 0.874. The van der Waals surface area contributed by atoms with E-state index in [1.165, 1.54) is 37.7 Å². The highest BCUT2D eigenvalue weighted by Gasteiger charge is 2.16. The molecule has 1 aliphatic rings. The van der Waals surface area contributed by atoms with Crippen LogP contribution in [0.15, 0.2) is 24.5 Å². The highest BCUT2D eigenvalue weighted by Crippen LogP contribution is 2.22. The Hall–Kier alpha value is -1.58. The smallest absolute Gasteiger partial charge is 0.317 e. The van der Waals surface area contributed by atoms with Crippen molar-refractivity contribution in [2.45, 2.75) is 45.4 Å². The van der Waals surface area contributed by atoms with Crippen LogP contribution in [0.2, 0.25) is 0 Å². The standard InChI is InChI=1S/C17H27N3O/c1-2-20(13-10-15-8-11-18-12-9-15)17(21)19-14-16-6-4-3-5-7-16/h8-9,11-12,16H,2-7,10,13-14H2,1H3,(H,19,21). The van der Waals surface area contributed by atoms with Crippen LogP contribution < -0.4 is 5.32 Å². The first kappa shape index (κ1) is 15.8. The van der Waals surface area contributed by atoms with Gasteiger partial charge in [0, 0.05) is 32.0 Å². The van der Waals surface area contributed by atoms with Gasteiger partial charge < -0.3 is 10.2 Å². The molecule has 0 bridgehead atoms. The summed E-state index contributed by atoms with van der Waals surface area (Å²) in [6.45, 7) is 4.38. The fraction of sp³-hybridized carbons (Fsp3) is 0.647. The summed E-state index contributed by atoms with van der Waals surface area (Å²) < 4.78 is 0. The summed E-state index contributed by atoms with van der Waals surface area (Å²) in [7, 11) is 0. The molecule has 0 saturated heterocycles. The normalized spacial score (nSPS) is 15.7. The lowest BCUT2D eigenvalue weighted by Crippen LogP contribution is -2.42. The number of hydrogen-bond donors (Lipinski definition) is 1. The van der Waals surface area contributed by atoms with Gasteiger partial charge in [-0.15, -0.1) is 0 Å². The van der Waals surface area contributed by atoms with Crippen molar-refractivity contribution >= 4 is 6.03 Å². The zero-order valence-corrected chi connectivity index (χ0v) is 13.1. The zero-order valence-electron chi connectivity index (χ0n) is 13.1. The van der Waals surface area contributed by atoms with E-state index >= 15 is 0 Å². The second-order valence-electron chi connectivity index (χ2n) is 5.88. The molecular formula is C17H27N3O. The molecule has 1 N–H and O–H groups in total. The molecule has 1 aromatic heterocycles. The van der Waals surface area contributed by atoms with Gasteiger partial charge in [-0.3, -0.25) is 4.98 Å². The Kier molecular flexibility index (Phi) is 6.51. The number of pyridine rings is 1. The van der Waals surface area contributed by atoms with Crippen molar-refractivity contribution in [2.75, 3.05) is 19.6 Å². The van der Waals surface area contributed by atoms with E-state index in [1.807, 2.05) is 24.0 Å². The highest BCUT2D eigenvalue weighted by molar-refractivity contribution is 5.74. The first-order valence-electron chi connectivity index (χ1n) is 8.21. The van der Waals surface area contributed by atoms with Crippen molar-refractivity contribution < 1.29 is 4.79 Å². The maximum atomic E-state index is 12.2. The van der Waals surface area contributed by atoms with Gasteiger partial charge in [0.1, 0.15) is 0 Å². The number of carbonyl (C=O) groups excluding carboxylic acids is 1. The number of nitrogens with zero attached hydrogens (tertiary/aromatic N) is 2. The summed E-state index contributed by atoms with van der Waals surface area (Å²) in [4.78, 5) is 18.1. The van der Waals surface area contributed by atoms with Crippen LogP contribution in [0.4, 0.5) is 4.79 Å². The van der Waals surface area contributed by atoms with Crippen LogP contribution in [0.25, 0.3) is 0 Å². The summed E-state index contributed by atoms with van der Waals surface area (Å²) in [6, 6.07) is 4.10. The average Bonchev–Trinajstić information content (AvgIpc) is 2.55. The fourth-order valence-electron chi connectivity index (χ4n) is 2.95. The van der Waals surface area contributed by atoms with Gasteiger partial charge in [0.2, 0.25) is 0 Å². The molecule has 0 atom stereocenters. The molecule has 1 heterocycles. The summed E-state index contributed by atoms with van der Waals surface area (Å²) in [5.41, 5.74) is 1.23. The maximum absolute atomic E-state index is 12.2. The topological polar surface area (TPSA) is 45.2 Å². The van der Waals surface area contributed by atoms with E-state index in [2.05, 4.69) is 10.3 Å². The van der Waals surface area contributed by atoms with Crippen molar-refractivity contribution in [1.82, 2.24) is 15.2 Å². The van der Waals surface area contributed by atoms with Crippen molar-refractivity contribution in [2.24, 2.45) is 5.92 Å². The lowest BCUT2D eigenvalue weighted by molar-refractivity contribution is 0.197. The molecule has 4 nitrogen and oxygen atoms in total. The molecule has 2 amide bonds. The SMILES string of the molecule is CCN(CCc1ccncc1)C(=O)NCC1CCCCC1.